The number of piperazine rings is 1. The molecule has 1 aliphatic heterocycles. The molecule has 0 radical (unpaired) electrons. The van der Waals surface area contributed by atoms with E-state index < -0.39 is 0 Å². The molecule has 0 unspecified atom stereocenters. The summed E-state index contributed by atoms with van der Waals surface area (Å²) in [7, 11) is 1.58. The Bertz CT molecular complexity index is 1090. The van der Waals surface area contributed by atoms with Crippen LogP contribution in [0.4, 0.5) is 5.69 Å². The van der Waals surface area contributed by atoms with Crippen LogP contribution < -0.4 is 9.64 Å². The molecule has 0 bridgehead atoms. The van der Waals surface area contributed by atoms with Gasteiger partial charge < -0.3 is 14.5 Å². The number of hydrogen-bond donors (Lipinski definition) is 0. The molecule has 1 saturated heterocycles. The second kappa shape index (κ2) is 9.21. The Morgan fingerprint density at radius 1 is 1.00 bits per heavy atom. The molecule has 0 spiro atoms. The lowest BCUT2D eigenvalue weighted by Gasteiger charge is -2.43. The van der Waals surface area contributed by atoms with Crippen LogP contribution >= 0.6 is 23.2 Å². The van der Waals surface area contributed by atoms with Crippen molar-refractivity contribution in [3.8, 4) is 5.75 Å². The average molecular weight is 455 g/mol. The van der Waals surface area contributed by atoms with Crippen molar-refractivity contribution in [2.24, 2.45) is 0 Å². The fraction of sp³-hybridized carbons (Fsp3) is 0.240. The van der Waals surface area contributed by atoms with Crippen LogP contribution in [0.1, 0.15) is 27.5 Å². The van der Waals surface area contributed by atoms with Crippen molar-refractivity contribution in [1.29, 1.82) is 0 Å². The number of amides is 1. The number of ether oxygens (including phenoxy) is 1. The molecule has 0 N–H and O–H groups in total. The second-order valence-corrected chi connectivity index (χ2v) is 8.51. The minimum atomic E-state index is -0.0510. The number of para-hydroxylation sites is 1. The van der Waals surface area contributed by atoms with Gasteiger partial charge in [0.15, 0.2) is 0 Å². The van der Waals surface area contributed by atoms with Crippen molar-refractivity contribution in [1.82, 2.24) is 4.90 Å². The van der Waals surface area contributed by atoms with Crippen LogP contribution in [0.25, 0.3) is 0 Å². The van der Waals surface area contributed by atoms with Gasteiger partial charge in [0, 0.05) is 24.7 Å². The van der Waals surface area contributed by atoms with Crippen LogP contribution in [0.3, 0.4) is 0 Å². The second-order valence-electron chi connectivity index (χ2n) is 7.67. The van der Waals surface area contributed by atoms with E-state index in [9.17, 15) is 4.79 Å². The van der Waals surface area contributed by atoms with Gasteiger partial charge in [0.05, 0.1) is 29.4 Å². The third-order valence-corrected chi connectivity index (χ3v) is 6.23. The Hall–Kier alpha value is -2.69. The molecular formula is C25H24Cl2N2O2. The first-order valence-corrected chi connectivity index (χ1v) is 10.9. The maximum Gasteiger partial charge on any atom is 0.257 e. The van der Waals surface area contributed by atoms with Crippen LogP contribution in [0.5, 0.6) is 5.75 Å². The quantitative estimate of drug-likeness (QED) is 0.483. The molecule has 0 saturated carbocycles. The van der Waals surface area contributed by atoms with E-state index in [1.54, 1.807) is 7.11 Å². The van der Waals surface area contributed by atoms with Crippen molar-refractivity contribution in [3.63, 3.8) is 0 Å². The SMILES string of the molecule is COc1ccccc1C(=O)N1CCN(c2ccc(C)cc2Cl)[C@H](c2ccc(Cl)cc2)C1. The van der Waals surface area contributed by atoms with E-state index in [0.717, 1.165) is 16.8 Å². The summed E-state index contributed by atoms with van der Waals surface area (Å²) in [5.74, 6) is 0.547. The predicted octanol–water partition coefficient (Wildman–Crippen LogP) is 6.01. The molecule has 6 heteroatoms. The highest BCUT2D eigenvalue weighted by molar-refractivity contribution is 6.33. The monoisotopic (exact) mass is 454 g/mol. The number of rotatable bonds is 4. The largest absolute Gasteiger partial charge is 0.496 e. The van der Waals surface area contributed by atoms with Gasteiger partial charge >= 0.3 is 0 Å². The minimum absolute atomic E-state index is 0.0360. The Morgan fingerprint density at radius 2 is 1.74 bits per heavy atom. The number of carbonyl (C=O) groups is 1. The highest BCUT2D eigenvalue weighted by Gasteiger charge is 2.33. The number of hydrogen-bond acceptors (Lipinski definition) is 3. The molecule has 160 valence electrons. The summed E-state index contributed by atoms with van der Waals surface area (Å²) in [4.78, 5) is 17.5. The van der Waals surface area contributed by atoms with Gasteiger partial charge in [-0.15, -0.1) is 0 Å². The summed E-state index contributed by atoms with van der Waals surface area (Å²) in [6.45, 7) is 3.81. The third kappa shape index (κ3) is 4.51. The van der Waals surface area contributed by atoms with Crippen molar-refractivity contribution in [3.05, 3.63) is 93.5 Å². The Balaban J connectivity index is 1.68. The Morgan fingerprint density at radius 3 is 2.45 bits per heavy atom. The highest BCUT2D eigenvalue weighted by atomic mass is 35.5. The number of aryl methyl sites for hydroxylation is 1. The zero-order valence-corrected chi connectivity index (χ0v) is 19.0. The summed E-state index contributed by atoms with van der Waals surface area (Å²) >= 11 is 12.7. The molecule has 1 aliphatic rings. The van der Waals surface area contributed by atoms with Gasteiger partial charge in [0.25, 0.3) is 5.91 Å². The fourth-order valence-electron chi connectivity index (χ4n) is 4.06. The van der Waals surface area contributed by atoms with Crippen LogP contribution in [0, 0.1) is 6.92 Å². The van der Waals surface area contributed by atoms with E-state index >= 15 is 0 Å². The molecule has 0 aromatic heterocycles. The van der Waals surface area contributed by atoms with Gasteiger partial charge in [-0.05, 0) is 54.4 Å². The Kier molecular flexibility index (Phi) is 6.40. The minimum Gasteiger partial charge on any atom is -0.496 e. The number of benzene rings is 3. The number of anilines is 1. The van der Waals surface area contributed by atoms with Gasteiger partial charge in [0.1, 0.15) is 5.75 Å². The molecule has 1 heterocycles. The van der Waals surface area contributed by atoms with E-state index in [4.69, 9.17) is 27.9 Å². The zero-order chi connectivity index (χ0) is 22.0. The lowest BCUT2D eigenvalue weighted by Crippen LogP contribution is -2.50. The zero-order valence-electron chi connectivity index (χ0n) is 17.5. The maximum atomic E-state index is 13.3. The molecule has 4 rings (SSSR count). The van der Waals surface area contributed by atoms with Gasteiger partial charge in [-0.3, -0.25) is 4.79 Å². The van der Waals surface area contributed by atoms with Gasteiger partial charge in [-0.25, -0.2) is 0 Å². The molecule has 3 aromatic carbocycles. The molecule has 31 heavy (non-hydrogen) atoms. The fourth-order valence-corrected chi connectivity index (χ4v) is 4.53. The third-order valence-electron chi connectivity index (χ3n) is 5.67. The molecule has 1 fully saturated rings. The molecule has 1 atom stereocenters. The standard InChI is InChI=1S/C25H24Cl2N2O2/c1-17-7-12-22(21(27)15-17)29-14-13-28(16-23(29)18-8-10-19(26)11-9-18)25(30)20-5-3-4-6-24(20)31-2/h3-12,15,23H,13-14,16H2,1-2H3/t23-/m0/s1. The van der Waals surface area contributed by atoms with Crippen LogP contribution in [-0.4, -0.2) is 37.6 Å². The van der Waals surface area contributed by atoms with Crippen molar-refractivity contribution >= 4 is 34.8 Å². The first-order valence-electron chi connectivity index (χ1n) is 10.2. The first-order chi connectivity index (χ1) is 15.0. The summed E-state index contributed by atoms with van der Waals surface area (Å²) in [5.41, 5.74) is 3.73. The average Bonchev–Trinajstić information content (AvgIpc) is 2.79. The van der Waals surface area contributed by atoms with Crippen LogP contribution in [0.15, 0.2) is 66.7 Å². The molecular weight excluding hydrogens is 431 g/mol. The Labute approximate surface area is 192 Å². The van der Waals surface area contributed by atoms with Gasteiger partial charge in [-0.1, -0.05) is 53.5 Å². The lowest BCUT2D eigenvalue weighted by molar-refractivity contribution is 0.0718. The number of nitrogens with zero attached hydrogens (tertiary/aromatic N) is 2. The van der Waals surface area contributed by atoms with Gasteiger partial charge in [-0.2, -0.15) is 0 Å². The summed E-state index contributed by atoms with van der Waals surface area (Å²) in [5, 5.41) is 1.39. The van der Waals surface area contributed by atoms with Gasteiger partial charge in [0.2, 0.25) is 0 Å². The molecule has 4 nitrogen and oxygen atoms in total. The normalized spacial score (nSPS) is 16.3. The van der Waals surface area contributed by atoms with Crippen LogP contribution in [-0.2, 0) is 0 Å². The van der Waals surface area contributed by atoms with E-state index in [2.05, 4.69) is 17.0 Å². The lowest BCUT2D eigenvalue weighted by atomic mass is 10.00. The van der Waals surface area contributed by atoms with Crippen molar-refractivity contribution in [2.75, 3.05) is 31.6 Å². The van der Waals surface area contributed by atoms with Crippen LogP contribution in [0.2, 0.25) is 10.0 Å². The first kappa shape index (κ1) is 21.5. The summed E-state index contributed by atoms with van der Waals surface area (Å²) < 4.78 is 5.41. The van der Waals surface area contributed by atoms with E-state index in [1.807, 2.05) is 66.4 Å². The number of carbonyl (C=O) groups excluding carboxylic acids is 1. The maximum absolute atomic E-state index is 13.3. The topological polar surface area (TPSA) is 32.8 Å². The smallest absolute Gasteiger partial charge is 0.257 e. The molecule has 3 aromatic rings. The number of halogens is 2. The van der Waals surface area contributed by atoms with E-state index in [-0.39, 0.29) is 11.9 Å². The van der Waals surface area contributed by atoms with E-state index in [1.165, 1.54) is 0 Å². The predicted molar refractivity (Wildman–Crippen MR) is 127 cm³/mol. The van der Waals surface area contributed by atoms with Crippen molar-refractivity contribution in [2.45, 2.75) is 13.0 Å². The van der Waals surface area contributed by atoms with Crippen molar-refractivity contribution < 1.29 is 9.53 Å². The van der Waals surface area contributed by atoms with E-state index in [0.29, 0.717) is 41.0 Å². The molecule has 1 amide bonds. The summed E-state index contributed by atoms with van der Waals surface area (Å²) in [6.07, 6.45) is 0. The summed E-state index contributed by atoms with van der Waals surface area (Å²) in [6, 6.07) is 21.2. The number of methoxy groups -OCH3 is 1. The highest BCUT2D eigenvalue weighted by Crippen LogP contribution is 2.36. The molecule has 0 aliphatic carbocycles.